The minimum absolute atomic E-state index is 0.462. The third kappa shape index (κ3) is 5.72. The van der Waals surface area contributed by atoms with Crippen LogP contribution in [0.5, 0.6) is 0 Å². The number of hydrogen-bond donors (Lipinski definition) is 0. The molecule has 0 atom stereocenters. The highest BCUT2D eigenvalue weighted by Crippen LogP contribution is 2.63. The first-order valence-corrected chi connectivity index (χ1v) is 25.6. The van der Waals surface area contributed by atoms with E-state index in [9.17, 15) is 0 Å². The van der Waals surface area contributed by atoms with E-state index in [0.717, 1.165) is 66.8 Å². The Morgan fingerprint density at radius 1 is 0.338 bits per heavy atom. The van der Waals surface area contributed by atoms with E-state index in [4.69, 9.17) is 4.42 Å². The van der Waals surface area contributed by atoms with Gasteiger partial charge in [0.1, 0.15) is 11.2 Å². The van der Waals surface area contributed by atoms with Crippen LogP contribution in [0.1, 0.15) is 22.3 Å². The molecule has 0 fully saturated rings. The van der Waals surface area contributed by atoms with E-state index >= 15 is 0 Å². The van der Waals surface area contributed by atoms with Crippen molar-refractivity contribution < 1.29 is 4.42 Å². The average molecular weight is 941 g/mol. The summed E-state index contributed by atoms with van der Waals surface area (Å²) in [7, 11) is 0. The summed E-state index contributed by atoms with van der Waals surface area (Å²) in [5.41, 5.74) is 23.0. The van der Waals surface area contributed by atoms with Gasteiger partial charge in [-0.1, -0.05) is 200 Å². The Bertz CT molecular complexity index is 4530. The molecule has 2 heterocycles. The SMILES string of the molecule is c1ccc(-c2ccc(N(c3ccc(-c4cc5c6ccccc6n(-c6ccc7ccccc7c6)c5c5c4oc4ccccc45)cc3)c3ccc4c(c3)C3(c5ccccc5-c5ccccc53)c3ccccc3-4)cc2)cc1. The predicted octanol–water partition coefficient (Wildman–Crippen LogP) is 19.0. The number of nitrogens with zero attached hydrogens (tertiary/aromatic N) is 2. The molecule has 12 aromatic carbocycles. The number of hydrogen-bond acceptors (Lipinski definition) is 2. The lowest BCUT2D eigenvalue weighted by Gasteiger charge is -2.32. The topological polar surface area (TPSA) is 21.3 Å². The van der Waals surface area contributed by atoms with E-state index in [1.807, 2.05) is 0 Å². The normalized spacial score (nSPS) is 13.0. The maximum atomic E-state index is 7.01. The van der Waals surface area contributed by atoms with Gasteiger partial charge in [0.25, 0.3) is 0 Å². The second-order valence-electron chi connectivity index (χ2n) is 19.9. The lowest BCUT2D eigenvalue weighted by atomic mass is 9.70. The summed E-state index contributed by atoms with van der Waals surface area (Å²) < 4.78 is 9.45. The summed E-state index contributed by atoms with van der Waals surface area (Å²) in [5, 5.41) is 7.04. The minimum atomic E-state index is -0.462. The summed E-state index contributed by atoms with van der Waals surface area (Å²) in [5.74, 6) is 0. The van der Waals surface area contributed by atoms with Crippen molar-refractivity contribution in [3.05, 3.63) is 289 Å². The Hall–Kier alpha value is -9.70. The molecule has 16 rings (SSSR count). The van der Waals surface area contributed by atoms with Crippen LogP contribution >= 0.6 is 0 Å². The Kier molecular flexibility index (Phi) is 8.66. The first kappa shape index (κ1) is 41.0. The molecule has 0 aliphatic heterocycles. The molecular formula is C71H44N2O. The highest BCUT2D eigenvalue weighted by Gasteiger charge is 2.51. The molecule has 344 valence electrons. The third-order valence-corrected chi connectivity index (χ3v) is 16.2. The molecule has 0 amide bonds. The second kappa shape index (κ2) is 15.6. The zero-order chi connectivity index (χ0) is 48.5. The van der Waals surface area contributed by atoms with Crippen molar-refractivity contribution >= 4 is 71.6 Å². The number of para-hydroxylation sites is 2. The fraction of sp³-hybridized carbons (Fsp3) is 0.0141. The van der Waals surface area contributed by atoms with Gasteiger partial charge in [0.15, 0.2) is 0 Å². The smallest absolute Gasteiger partial charge is 0.145 e. The van der Waals surface area contributed by atoms with Crippen molar-refractivity contribution in [2.75, 3.05) is 4.90 Å². The molecule has 2 aromatic heterocycles. The van der Waals surface area contributed by atoms with Crippen LogP contribution in [0.3, 0.4) is 0 Å². The molecule has 0 bridgehead atoms. The van der Waals surface area contributed by atoms with Crippen molar-refractivity contribution in [1.29, 1.82) is 0 Å². The highest BCUT2D eigenvalue weighted by molar-refractivity contribution is 6.27. The van der Waals surface area contributed by atoms with Gasteiger partial charge in [-0.3, -0.25) is 0 Å². The zero-order valence-corrected chi connectivity index (χ0v) is 40.2. The number of benzene rings is 12. The lowest BCUT2D eigenvalue weighted by molar-refractivity contribution is 0.670. The number of furan rings is 1. The zero-order valence-electron chi connectivity index (χ0n) is 40.2. The maximum Gasteiger partial charge on any atom is 0.145 e. The lowest BCUT2D eigenvalue weighted by Crippen LogP contribution is -2.26. The van der Waals surface area contributed by atoms with Crippen LogP contribution in [0, 0.1) is 0 Å². The Labute approximate surface area is 428 Å². The molecule has 3 nitrogen and oxygen atoms in total. The number of fused-ring (bicyclic) bond motifs is 18. The van der Waals surface area contributed by atoms with Crippen LogP contribution in [0.15, 0.2) is 271 Å². The van der Waals surface area contributed by atoms with Crippen molar-refractivity contribution in [1.82, 2.24) is 4.57 Å². The van der Waals surface area contributed by atoms with E-state index in [1.165, 1.54) is 77.2 Å². The van der Waals surface area contributed by atoms with Crippen molar-refractivity contribution in [3.8, 4) is 50.2 Å². The maximum absolute atomic E-state index is 7.01. The summed E-state index contributed by atoms with van der Waals surface area (Å²) in [6.45, 7) is 0. The minimum Gasteiger partial charge on any atom is -0.455 e. The summed E-state index contributed by atoms with van der Waals surface area (Å²) in [6, 6.07) is 98.2. The van der Waals surface area contributed by atoms with Gasteiger partial charge in [0.05, 0.1) is 21.8 Å². The van der Waals surface area contributed by atoms with E-state index in [0.29, 0.717) is 0 Å². The van der Waals surface area contributed by atoms with Gasteiger partial charge >= 0.3 is 0 Å². The van der Waals surface area contributed by atoms with Crippen LogP contribution in [0.4, 0.5) is 17.1 Å². The molecule has 3 heteroatoms. The van der Waals surface area contributed by atoms with Crippen LogP contribution in [-0.4, -0.2) is 4.57 Å². The molecular weight excluding hydrogens is 897 g/mol. The fourth-order valence-corrected chi connectivity index (χ4v) is 13.0. The summed E-state index contributed by atoms with van der Waals surface area (Å²) >= 11 is 0. The Morgan fingerprint density at radius 2 is 0.878 bits per heavy atom. The highest BCUT2D eigenvalue weighted by atomic mass is 16.3. The molecule has 0 unspecified atom stereocenters. The first-order valence-electron chi connectivity index (χ1n) is 25.6. The molecule has 0 radical (unpaired) electrons. The molecule has 2 aliphatic carbocycles. The van der Waals surface area contributed by atoms with Crippen LogP contribution in [0.25, 0.3) is 105 Å². The Balaban J connectivity index is 0.898. The van der Waals surface area contributed by atoms with Gasteiger partial charge in [0.2, 0.25) is 0 Å². The van der Waals surface area contributed by atoms with Crippen molar-refractivity contribution in [3.63, 3.8) is 0 Å². The summed E-state index contributed by atoms with van der Waals surface area (Å²) in [6.07, 6.45) is 0. The van der Waals surface area contributed by atoms with Crippen LogP contribution < -0.4 is 4.90 Å². The van der Waals surface area contributed by atoms with Gasteiger partial charge in [-0.15, -0.1) is 0 Å². The quantitative estimate of drug-likeness (QED) is 0.166. The van der Waals surface area contributed by atoms with Crippen molar-refractivity contribution in [2.45, 2.75) is 5.41 Å². The van der Waals surface area contributed by atoms with Gasteiger partial charge in [-0.05, 0) is 139 Å². The van der Waals surface area contributed by atoms with Gasteiger partial charge in [-0.2, -0.15) is 0 Å². The number of anilines is 3. The van der Waals surface area contributed by atoms with E-state index in [1.54, 1.807) is 0 Å². The fourth-order valence-electron chi connectivity index (χ4n) is 13.0. The molecule has 2 aliphatic rings. The average Bonchev–Trinajstić information content (AvgIpc) is 4.21. The van der Waals surface area contributed by atoms with Gasteiger partial charge < -0.3 is 13.9 Å². The van der Waals surface area contributed by atoms with Gasteiger partial charge in [0, 0.05) is 44.5 Å². The third-order valence-electron chi connectivity index (χ3n) is 16.2. The molecule has 0 N–H and O–H groups in total. The summed E-state index contributed by atoms with van der Waals surface area (Å²) in [4.78, 5) is 2.43. The standard InChI is InChI=1S/C71H44N2O/c1-2-16-45(17-3-1)47-30-35-50(36-31-47)72(53-40-41-57-56-22-8-13-27-64(56)71(65(57)43-53)62-25-11-6-20-54(62)55-21-7-12-26-63(55)71)51-37-33-48(34-38-51)60-44-61-58-23-9-14-28-66(58)73(52-39-32-46-18-4-5-19-49(46)42-52)69(61)68-59-24-10-15-29-67(59)74-70(60)68/h1-44H. The predicted molar refractivity (Wildman–Crippen MR) is 307 cm³/mol. The molecule has 14 aromatic rings. The van der Waals surface area contributed by atoms with Crippen LogP contribution in [0.2, 0.25) is 0 Å². The molecule has 74 heavy (non-hydrogen) atoms. The number of rotatable bonds is 6. The first-order chi connectivity index (χ1) is 36.7. The largest absolute Gasteiger partial charge is 0.455 e. The Morgan fingerprint density at radius 3 is 1.58 bits per heavy atom. The van der Waals surface area contributed by atoms with E-state index in [-0.39, 0.29) is 0 Å². The van der Waals surface area contributed by atoms with E-state index < -0.39 is 5.41 Å². The molecule has 0 saturated carbocycles. The second-order valence-corrected chi connectivity index (χ2v) is 19.9. The van der Waals surface area contributed by atoms with E-state index in [2.05, 4.69) is 276 Å². The molecule has 0 saturated heterocycles. The molecule has 1 spiro atoms. The monoisotopic (exact) mass is 940 g/mol. The van der Waals surface area contributed by atoms with Gasteiger partial charge in [-0.25, -0.2) is 0 Å². The van der Waals surface area contributed by atoms with Crippen molar-refractivity contribution in [2.24, 2.45) is 0 Å². The van der Waals surface area contributed by atoms with Crippen LogP contribution in [-0.2, 0) is 5.41 Å². The number of aromatic nitrogens is 1.